The van der Waals surface area contributed by atoms with Gasteiger partial charge in [0.15, 0.2) is 0 Å². The Morgan fingerprint density at radius 2 is 2.15 bits per heavy atom. The van der Waals surface area contributed by atoms with Gasteiger partial charge in [0.25, 0.3) is 0 Å². The number of carbonyl (C=O) groups excluding carboxylic acids is 1. The lowest BCUT2D eigenvalue weighted by atomic mass is 9.98. The maximum absolute atomic E-state index is 10.8. The summed E-state index contributed by atoms with van der Waals surface area (Å²) in [6, 6.07) is 0. The molecule has 0 rings (SSSR count). The van der Waals surface area contributed by atoms with Crippen molar-refractivity contribution in [2.24, 2.45) is 0 Å². The normalized spacial score (nSPS) is 14.7. The monoisotopic (exact) mass is 184 g/mol. The molecule has 2 nitrogen and oxygen atoms in total. The molecule has 0 saturated heterocycles. The van der Waals surface area contributed by atoms with Crippen LogP contribution in [0.1, 0.15) is 46.5 Å². The van der Waals surface area contributed by atoms with Crippen LogP contribution in [0, 0.1) is 0 Å². The topological polar surface area (TPSA) is 26.3 Å². The highest BCUT2D eigenvalue weighted by Crippen LogP contribution is 2.20. The number of esters is 1. The van der Waals surface area contributed by atoms with Gasteiger partial charge in [0.1, 0.15) is 5.60 Å². The highest BCUT2D eigenvalue weighted by Gasteiger charge is 2.22. The lowest BCUT2D eigenvalue weighted by molar-refractivity contribution is -0.151. The molecule has 0 bridgehead atoms. The standard InChI is InChI=1S/C11H20O2/c1-5-7-8-9-11(4,6-2)13-10(3)12/h6H,2,5,7-9H2,1,3-4H3. The second-order valence-electron chi connectivity index (χ2n) is 3.57. The van der Waals surface area contributed by atoms with Gasteiger partial charge in [-0.1, -0.05) is 26.3 Å². The molecule has 0 aromatic carbocycles. The summed E-state index contributed by atoms with van der Waals surface area (Å²) in [5, 5.41) is 0. The van der Waals surface area contributed by atoms with Gasteiger partial charge in [-0.15, -0.1) is 0 Å². The molecule has 0 heterocycles. The van der Waals surface area contributed by atoms with E-state index in [2.05, 4.69) is 13.5 Å². The van der Waals surface area contributed by atoms with Gasteiger partial charge in [-0.2, -0.15) is 0 Å². The van der Waals surface area contributed by atoms with Crippen LogP contribution in [0.3, 0.4) is 0 Å². The van der Waals surface area contributed by atoms with E-state index in [0.717, 1.165) is 12.8 Å². The van der Waals surface area contributed by atoms with Crippen molar-refractivity contribution in [1.82, 2.24) is 0 Å². The molecule has 0 aromatic heterocycles. The molecule has 0 N–H and O–H groups in total. The van der Waals surface area contributed by atoms with Crippen molar-refractivity contribution in [3.8, 4) is 0 Å². The van der Waals surface area contributed by atoms with Crippen LogP contribution in [0.4, 0.5) is 0 Å². The van der Waals surface area contributed by atoms with E-state index in [0.29, 0.717) is 0 Å². The van der Waals surface area contributed by atoms with Crippen LogP contribution in [0.5, 0.6) is 0 Å². The Morgan fingerprint density at radius 3 is 2.54 bits per heavy atom. The average molecular weight is 184 g/mol. The zero-order valence-electron chi connectivity index (χ0n) is 8.93. The van der Waals surface area contributed by atoms with Crippen molar-refractivity contribution in [2.45, 2.75) is 52.1 Å². The average Bonchev–Trinajstić information content (AvgIpc) is 2.04. The van der Waals surface area contributed by atoms with Gasteiger partial charge in [-0.25, -0.2) is 0 Å². The van der Waals surface area contributed by atoms with Crippen molar-refractivity contribution >= 4 is 5.97 Å². The predicted octanol–water partition coefficient (Wildman–Crippen LogP) is 3.07. The molecule has 13 heavy (non-hydrogen) atoms. The Bertz CT molecular complexity index is 175. The van der Waals surface area contributed by atoms with Crippen LogP contribution in [-0.4, -0.2) is 11.6 Å². The zero-order valence-corrected chi connectivity index (χ0v) is 8.93. The molecule has 0 saturated carbocycles. The molecule has 0 aliphatic heterocycles. The van der Waals surface area contributed by atoms with Crippen LogP contribution in [-0.2, 0) is 9.53 Å². The second kappa shape index (κ2) is 5.79. The van der Waals surface area contributed by atoms with Gasteiger partial charge in [0.2, 0.25) is 0 Å². The molecule has 0 amide bonds. The lowest BCUT2D eigenvalue weighted by Gasteiger charge is -2.25. The third-order valence-electron chi connectivity index (χ3n) is 2.09. The summed E-state index contributed by atoms with van der Waals surface area (Å²) in [6.45, 7) is 9.17. The fourth-order valence-corrected chi connectivity index (χ4v) is 1.25. The van der Waals surface area contributed by atoms with Crippen molar-refractivity contribution in [3.05, 3.63) is 12.7 Å². The number of rotatable bonds is 6. The molecule has 0 aromatic rings. The zero-order chi connectivity index (χ0) is 10.3. The fraction of sp³-hybridized carbons (Fsp3) is 0.727. The molecular formula is C11H20O2. The van der Waals surface area contributed by atoms with Gasteiger partial charge >= 0.3 is 5.97 Å². The Labute approximate surface area is 81.0 Å². The molecule has 1 atom stereocenters. The van der Waals surface area contributed by atoms with Crippen molar-refractivity contribution in [3.63, 3.8) is 0 Å². The Hall–Kier alpha value is -0.790. The quantitative estimate of drug-likeness (QED) is 0.360. The summed E-state index contributed by atoms with van der Waals surface area (Å²) in [6.07, 6.45) is 6.00. The minimum absolute atomic E-state index is 0.237. The van der Waals surface area contributed by atoms with E-state index < -0.39 is 5.60 Å². The van der Waals surface area contributed by atoms with Gasteiger partial charge in [-0.3, -0.25) is 4.79 Å². The predicted molar refractivity (Wildman–Crippen MR) is 54.5 cm³/mol. The van der Waals surface area contributed by atoms with Crippen LogP contribution in [0.15, 0.2) is 12.7 Å². The first-order valence-electron chi connectivity index (χ1n) is 4.87. The van der Waals surface area contributed by atoms with Crippen molar-refractivity contribution in [2.75, 3.05) is 0 Å². The van der Waals surface area contributed by atoms with Gasteiger partial charge in [0.05, 0.1) is 0 Å². The summed E-state index contributed by atoms with van der Waals surface area (Å²) >= 11 is 0. The molecule has 0 fully saturated rings. The Kier molecular flexibility index (Phi) is 5.44. The minimum Gasteiger partial charge on any atom is -0.455 e. The van der Waals surface area contributed by atoms with E-state index in [4.69, 9.17) is 4.74 Å². The van der Waals surface area contributed by atoms with Crippen LogP contribution in [0.2, 0.25) is 0 Å². The van der Waals surface area contributed by atoms with Crippen LogP contribution >= 0.6 is 0 Å². The van der Waals surface area contributed by atoms with Crippen molar-refractivity contribution in [1.29, 1.82) is 0 Å². The number of unbranched alkanes of at least 4 members (excludes halogenated alkanes) is 2. The second-order valence-corrected chi connectivity index (χ2v) is 3.57. The summed E-state index contributed by atoms with van der Waals surface area (Å²) in [4.78, 5) is 10.8. The maximum Gasteiger partial charge on any atom is 0.303 e. The van der Waals surface area contributed by atoms with E-state index in [1.807, 2.05) is 6.92 Å². The lowest BCUT2D eigenvalue weighted by Crippen LogP contribution is -2.28. The summed E-state index contributed by atoms with van der Waals surface area (Å²) in [7, 11) is 0. The van der Waals surface area contributed by atoms with E-state index in [1.165, 1.54) is 19.8 Å². The summed E-state index contributed by atoms with van der Waals surface area (Å²) in [5.74, 6) is -0.237. The molecular weight excluding hydrogens is 164 g/mol. The van der Waals surface area contributed by atoms with E-state index in [1.54, 1.807) is 6.08 Å². The molecule has 0 radical (unpaired) electrons. The number of ether oxygens (including phenoxy) is 1. The van der Waals surface area contributed by atoms with Gasteiger partial charge < -0.3 is 4.74 Å². The minimum atomic E-state index is -0.471. The highest BCUT2D eigenvalue weighted by atomic mass is 16.6. The number of hydrogen-bond donors (Lipinski definition) is 0. The largest absolute Gasteiger partial charge is 0.455 e. The van der Waals surface area contributed by atoms with Gasteiger partial charge in [-0.05, 0) is 25.8 Å². The highest BCUT2D eigenvalue weighted by molar-refractivity contribution is 5.66. The molecule has 0 spiro atoms. The fourth-order valence-electron chi connectivity index (χ4n) is 1.25. The van der Waals surface area contributed by atoms with E-state index in [9.17, 15) is 4.79 Å². The molecule has 0 aliphatic carbocycles. The number of carbonyl (C=O) groups is 1. The Morgan fingerprint density at radius 1 is 1.54 bits per heavy atom. The first kappa shape index (κ1) is 12.2. The smallest absolute Gasteiger partial charge is 0.303 e. The first-order valence-corrected chi connectivity index (χ1v) is 4.87. The van der Waals surface area contributed by atoms with Crippen LogP contribution in [0.25, 0.3) is 0 Å². The SMILES string of the molecule is C=CC(C)(CCCCC)OC(C)=O. The number of hydrogen-bond acceptors (Lipinski definition) is 2. The first-order chi connectivity index (χ1) is 6.04. The van der Waals surface area contributed by atoms with Crippen LogP contribution < -0.4 is 0 Å². The molecule has 76 valence electrons. The van der Waals surface area contributed by atoms with E-state index in [-0.39, 0.29) is 5.97 Å². The Balaban J connectivity index is 3.96. The van der Waals surface area contributed by atoms with Gasteiger partial charge in [0, 0.05) is 6.92 Å². The molecule has 2 heteroatoms. The molecule has 1 unspecified atom stereocenters. The summed E-state index contributed by atoms with van der Waals surface area (Å²) < 4.78 is 5.18. The third kappa shape index (κ3) is 5.45. The van der Waals surface area contributed by atoms with Crippen molar-refractivity contribution < 1.29 is 9.53 Å². The maximum atomic E-state index is 10.8. The third-order valence-corrected chi connectivity index (χ3v) is 2.09. The molecule has 0 aliphatic rings. The summed E-state index contributed by atoms with van der Waals surface area (Å²) in [5.41, 5.74) is -0.471. The van der Waals surface area contributed by atoms with E-state index >= 15 is 0 Å².